The van der Waals surface area contributed by atoms with E-state index in [2.05, 4.69) is 57.3 Å². The molecule has 1 N–H and O–H groups in total. The van der Waals surface area contributed by atoms with Crippen molar-refractivity contribution in [3.63, 3.8) is 0 Å². The Morgan fingerprint density at radius 3 is 2.45 bits per heavy atom. The Bertz CT molecular complexity index is 994. The number of hydrogen-bond donors (Lipinski definition) is 1. The van der Waals surface area contributed by atoms with Gasteiger partial charge in [-0.15, -0.1) is 16.8 Å². The molecule has 2 heterocycles. The molecule has 0 radical (unpaired) electrons. The van der Waals surface area contributed by atoms with Crippen LogP contribution in [0.15, 0.2) is 67.3 Å². The number of aromatic nitrogens is 2. The van der Waals surface area contributed by atoms with E-state index in [-0.39, 0.29) is 5.91 Å². The van der Waals surface area contributed by atoms with Crippen LogP contribution in [0.5, 0.6) is 0 Å². The molecule has 0 unspecified atom stereocenters. The number of benzene rings is 2. The zero-order valence-corrected chi connectivity index (χ0v) is 16.6. The zero-order chi connectivity index (χ0) is 20.1. The molecule has 3 aromatic rings. The van der Waals surface area contributed by atoms with E-state index in [1.165, 1.54) is 5.56 Å². The molecule has 5 nitrogen and oxygen atoms in total. The number of fused-ring (bicyclic) bond motifs is 1. The number of carbonyl (C=O) groups excluding carboxylic acids is 1. The van der Waals surface area contributed by atoms with E-state index in [0.29, 0.717) is 18.2 Å². The van der Waals surface area contributed by atoms with E-state index in [9.17, 15) is 4.79 Å². The van der Waals surface area contributed by atoms with Crippen LogP contribution >= 0.6 is 0 Å². The van der Waals surface area contributed by atoms with Crippen molar-refractivity contribution in [2.24, 2.45) is 5.92 Å². The van der Waals surface area contributed by atoms with Gasteiger partial charge in [-0.25, -0.2) is 0 Å². The third-order valence-electron chi connectivity index (χ3n) is 5.57. The summed E-state index contributed by atoms with van der Waals surface area (Å²) < 4.78 is 0. The fourth-order valence-corrected chi connectivity index (χ4v) is 4.04. The average Bonchev–Trinajstić information content (AvgIpc) is 2.78. The van der Waals surface area contributed by atoms with Gasteiger partial charge in [0.1, 0.15) is 0 Å². The molecule has 0 atom stereocenters. The molecule has 0 spiro atoms. The number of piperidine rings is 1. The molecule has 1 aromatic heterocycles. The van der Waals surface area contributed by atoms with Gasteiger partial charge in [0, 0.05) is 30.4 Å². The van der Waals surface area contributed by atoms with Crippen molar-refractivity contribution in [2.75, 3.05) is 24.5 Å². The minimum Gasteiger partial charge on any atom is -0.355 e. The molecule has 1 saturated heterocycles. The molecule has 1 aliphatic rings. The maximum Gasteiger partial charge on any atom is 0.272 e. The van der Waals surface area contributed by atoms with Crippen molar-refractivity contribution in [3.05, 3.63) is 78.5 Å². The Balaban J connectivity index is 1.51. The molecular weight excluding hydrogens is 360 g/mol. The molecule has 1 fully saturated rings. The van der Waals surface area contributed by atoms with Crippen molar-refractivity contribution >= 4 is 22.5 Å². The molecule has 5 heteroatoms. The van der Waals surface area contributed by atoms with Gasteiger partial charge in [0.2, 0.25) is 0 Å². The minimum atomic E-state index is -0.221. The number of anilines is 1. The Morgan fingerprint density at radius 2 is 1.72 bits per heavy atom. The lowest BCUT2D eigenvalue weighted by Crippen LogP contribution is -2.35. The van der Waals surface area contributed by atoms with Crippen LogP contribution in [0.3, 0.4) is 0 Å². The van der Waals surface area contributed by atoms with E-state index in [4.69, 9.17) is 0 Å². The van der Waals surface area contributed by atoms with Crippen LogP contribution in [0.1, 0.15) is 28.9 Å². The summed E-state index contributed by atoms with van der Waals surface area (Å²) in [6, 6.07) is 18.6. The first-order chi connectivity index (χ1) is 14.3. The Labute approximate surface area is 171 Å². The quantitative estimate of drug-likeness (QED) is 0.651. The molecule has 2 aromatic carbocycles. The Hall–Kier alpha value is -3.21. The van der Waals surface area contributed by atoms with Gasteiger partial charge in [0.25, 0.3) is 5.91 Å². The molecule has 29 heavy (non-hydrogen) atoms. The van der Waals surface area contributed by atoms with Crippen LogP contribution in [0.4, 0.5) is 5.82 Å². The highest BCUT2D eigenvalue weighted by Crippen LogP contribution is 2.30. The summed E-state index contributed by atoms with van der Waals surface area (Å²) in [5, 5.41) is 13.4. The Kier molecular flexibility index (Phi) is 5.84. The lowest BCUT2D eigenvalue weighted by atomic mass is 9.90. The van der Waals surface area contributed by atoms with E-state index < -0.39 is 0 Å². The predicted octanol–water partition coefficient (Wildman–Crippen LogP) is 4.00. The molecule has 0 bridgehead atoms. The highest BCUT2D eigenvalue weighted by Gasteiger charge is 2.23. The summed E-state index contributed by atoms with van der Waals surface area (Å²) in [7, 11) is 0. The first kappa shape index (κ1) is 19.1. The summed E-state index contributed by atoms with van der Waals surface area (Å²) in [4.78, 5) is 14.8. The lowest BCUT2D eigenvalue weighted by molar-refractivity contribution is 0.0954. The van der Waals surface area contributed by atoms with Gasteiger partial charge in [-0.1, -0.05) is 60.7 Å². The first-order valence-electron chi connectivity index (χ1n) is 10.2. The van der Waals surface area contributed by atoms with Crippen LogP contribution in [-0.4, -0.2) is 35.7 Å². The molecule has 0 aliphatic carbocycles. The fraction of sp³-hybridized carbons (Fsp3) is 0.292. The third-order valence-corrected chi connectivity index (χ3v) is 5.57. The second-order valence-corrected chi connectivity index (χ2v) is 7.54. The molecule has 1 amide bonds. The fourth-order valence-electron chi connectivity index (χ4n) is 4.04. The molecule has 4 rings (SSSR count). The van der Waals surface area contributed by atoms with Gasteiger partial charge in [-0.3, -0.25) is 4.79 Å². The van der Waals surface area contributed by atoms with Crippen molar-refractivity contribution in [3.8, 4) is 0 Å². The number of hydrogen-bond acceptors (Lipinski definition) is 4. The average molecular weight is 386 g/mol. The maximum absolute atomic E-state index is 12.4. The summed E-state index contributed by atoms with van der Waals surface area (Å²) in [6.45, 7) is 5.96. The number of rotatable bonds is 6. The van der Waals surface area contributed by atoms with E-state index >= 15 is 0 Å². The number of carbonyl (C=O) groups is 1. The van der Waals surface area contributed by atoms with Crippen LogP contribution in [0.2, 0.25) is 0 Å². The SMILES string of the molecule is C=CCNC(=O)c1nnc(N2CCC(Cc3ccccc3)CC2)c2ccccc12. The molecule has 0 saturated carbocycles. The van der Waals surface area contributed by atoms with Gasteiger partial charge in [-0.05, 0) is 30.7 Å². The topological polar surface area (TPSA) is 58.1 Å². The van der Waals surface area contributed by atoms with Gasteiger partial charge in [-0.2, -0.15) is 0 Å². The smallest absolute Gasteiger partial charge is 0.272 e. The van der Waals surface area contributed by atoms with Gasteiger partial charge < -0.3 is 10.2 Å². The van der Waals surface area contributed by atoms with Gasteiger partial charge in [0.05, 0.1) is 0 Å². The van der Waals surface area contributed by atoms with Crippen LogP contribution in [0, 0.1) is 5.92 Å². The van der Waals surface area contributed by atoms with Crippen molar-refractivity contribution in [1.29, 1.82) is 0 Å². The number of amides is 1. The third kappa shape index (κ3) is 4.29. The highest BCUT2D eigenvalue weighted by atomic mass is 16.1. The van der Waals surface area contributed by atoms with E-state index in [0.717, 1.165) is 48.9 Å². The second-order valence-electron chi connectivity index (χ2n) is 7.54. The van der Waals surface area contributed by atoms with Crippen LogP contribution in [-0.2, 0) is 6.42 Å². The van der Waals surface area contributed by atoms with Gasteiger partial charge in [0.15, 0.2) is 11.5 Å². The monoisotopic (exact) mass is 386 g/mol. The van der Waals surface area contributed by atoms with Crippen molar-refractivity contribution in [2.45, 2.75) is 19.3 Å². The predicted molar refractivity (Wildman–Crippen MR) is 117 cm³/mol. The zero-order valence-electron chi connectivity index (χ0n) is 16.6. The second kappa shape index (κ2) is 8.86. The lowest BCUT2D eigenvalue weighted by Gasteiger charge is -2.33. The normalized spacial score (nSPS) is 14.7. The summed E-state index contributed by atoms with van der Waals surface area (Å²) in [5.74, 6) is 1.34. The summed E-state index contributed by atoms with van der Waals surface area (Å²) >= 11 is 0. The highest BCUT2D eigenvalue weighted by molar-refractivity contribution is 6.07. The molecule has 1 aliphatic heterocycles. The maximum atomic E-state index is 12.4. The summed E-state index contributed by atoms with van der Waals surface area (Å²) in [6.07, 6.45) is 5.05. The van der Waals surface area contributed by atoms with Crippen LogP contribution in [0.25, 0.3) is 10.8 Å². The Morgan fingerprint density at radius 1 is 1.03 bits per heavy atom. The summed E-state index contributed by atoms with van der Waals surface area (Å²) in [5.41, 5.74) is 1.77. The standard InChI is InChI=1S/C24H26N4O/c1-2-14-25-24(29)22-20-10-6-7-11-21(20)23(27-26-22)28-15-12-19(13-16-28)17-18-8-4-3-5-9-18/h2-11,19H,1,12-17H2,(H,25,29). The number of nitrogens with zero attached hydrogens (tertiary/aromatic N) is 3. The largest absolute Gasteiger partial charge is 0.355 e. The van der Waals surface area contributed by atoms with E-state index in [1.807, 2.05) is 24.3 Å². The number of nitrogens with one attached hydrogen (secondary N) is 1. The van der Waals surface area contributed by atoms with Crippen molar-refractivity contribution < 1.29 is 4.79 Å². The van der Waals surface area contributed by atoms with Crippen molar-refractivity contribution in [1.82, 2.24) is 15.5 Å². The van der Waals surface area contributed by atoms with E-state index in [1.54, 1.807) is 6.08 Å². The van der Waals surface area contributed by atoms with Crippen LogP contribution < -0.4 is 10.2 Å². The first-order valence-corrected chi connectivity index (χ1v) is 10.2. The molecular formula is C24H26N4O. The van der Waals surface area contributed by atoms with Gasteiger partial charge >= 0.3 is 0 Å². The minimum absolute atomic E-state index is 0.221. The molecule has 148 valence electrons.